The average molecular weight is 228 g/mol. The largest absolute Gasteiger partial charge is 0.392 e. The van der Waals surface area contributed by atoms with Crippen molar-refractivity contribution in [3.63, 3.8) is 0 Å². The van der Waals surface area contributed by atoms with Crippen molar-refractivity contribution < 1.29 is 9.90 Å². The highest BCUT2D eigenvalue weighted by Gasteiger charge is 2.16. The third-order valence-electron chi connectivity index (χ3n) is 1.89. The molecule has 0 aliphatic carbocycles. The molecule has 0 aliphatic heterocycles. The maximum atomic E-state index is 11.5. The molecule has 0 heterocycles. The average Bonchev–Trinajstić information content (AvgIpc) is 2.26. The second-order valence-electron chi connectivity index (χ2n) is 3.37. The van der Waals surface area contributed by atoms with E-state index in [9.17, 15) is 4.79 Å². The smallest absolute Gasteiger partial charge is 0.242 e. The highest BCUT2D eigenvalue weighted by Crippen LogP contribution is 2.19. The molecule has 0 fully saturated rings. The summed E-state index contributed by atoms with van der Waals surface area (Å²) in [6.07, 6.45) is -0.561. The predicted octanol–water partition coefficient (Wildman–Crippen LogP) is 1.46. The van der Waals surface area contributed by atoms with E-state index in [-0.39, 0.29) is 12.5 Å². The van der Waals surface area contributed by atoms with Gasteiger partial charge < -0.3 is 10.4 Å². The minimum atomic E-state index is -0.704. The van der Waals surface area contributed by atoms with Crippen LogP contribution in [0.25, 0.3) is 0 Å². The Bertz CT molecular complexity index is 314. The number of carbonyl (C=O) groups is 1. The third kappa shape index (κ3) is 3.90. The summed E-state index contributed by atoms with van der Waals surface area (Å²) in [6, 6.07) is 9.10. The second-order valence-corrected chi connectivity index (χ2v) is 3.80. The molecule has 1 amide bonds. The van der Waals surface area contributed by atoms with E-state index in [1.807, 2.05) is 18.2 Å². The molecular formula is C11H14ClNO2. The van der Waals surface area contributed by atoms with E-state index in [0.717, 1.165) is 5.56 Å². The SMILES string of the molecule is CC(O)CNC(=O)C(Cl)c1ccccc1. The molecule has 1 rings (SSSR count). The molecule has 0 saturated carbocycles. The Morgan fingerprint density at radius 3 is 2.60 bits per heavy atom. The normalized spacial score (nSPS) is 14.3. The van der Waals surface area contributed by atoms with Crippen LogP contribution in [0.3, 0.4) is 0 Å². The molecule has 0 bridgehead atoms. The summed E-state index contributed by atoms with van der Waals surface area (Å²) in [5.74, 6) is -0.288. The third-order valence-corrected chi connectivity index (χ3v) is 2.34. The van der Waals surface area contributed by atoms with Gasteiger partial charge in [0.1, 0.15) is 5.38 Å². The Kier molecular flexibility index (Phi) is 4.59. The number of halogens is 1. The molecule has 0 spiro atoms. The quantitative estimate of drug-likeness (QED) is 0.766. The number of aliphatic hydroxyl groups excluding tert-OH is 1. The monoisotopic (exact) mass is 227 g/mol. The maximum absolute atomic E-state index is 11.5. The van der Waals surface area contributed by atoms with Crippen LogP contribution in [0.5, 0.6) is 0 Å². The molecule has 0 saturated heterocycles. The van der Waals surface area contributed by atoms with Crippen molar-refractivity contribution in [2.75, 3.05) is 6.54 Å². The summed E-state index contributed by atoms with van der Waals surface area (Å²) in [5.41, 5.74) is 0.752. The van der Waals surface area contributed by atoms with Gasteiger partial charge in [-0.05, 0) is 12.5 Å². The minimum absolute atomic E-state index is 0.217. The van der Waals surface area contributed by atoms with Crippen LogP contribution >= 0.6 is 11.6 Å². The van der Waals surface area contributed by atoms with Crippen LogP contribution < -0.4 is 5.32 Å². The predicted molar refractivity (Wildman–Crippen MR) is 59.7 cm³/mol. The molecule has 82 valence electrons. The van der Waals surface area contributed by atoms with E-state index < -0.39 is 11.5 Å². The summed E-state index contributed by atoms with van der Waals surface area (Å²) in [7, 11) is 0. The standard InChI is InChI=1S/C11H14ClNO2/c1-8(14)7-13-11(15)10(12)9-5-3-2-4-6-9/h2-6,8,10,14H,7H2,1H3,(H,13,15). The fourth-order valence-corrected chi connectivity index (χ4v) is 1.33. The van der Waals surface area contributed by atoms with E-state index in [1.165, 1.54) is 0 Å². The zero-order valence-corrected chi connectivity index (χ0v) is 9.24. The number of amides is 1. The topological polar surface area (TPSA) is 49.3 Å². The van der Waals surface area contributed by atoms with Crippen LogP contribution in [0.2, 0.25) is 0 Å². The molecule has 1 aromatic carbocycles. The van der Waals surface area contributed by atoms with Gasteiger partial charge >= 0.3 is 0 Å². The summed E-state index contributed by atoms with van der Waals surface area (Å²) in [4.78, 5) is 11.5. The van der Waals surface area contributed by atoms with E-state index in [2.05, 4.69) is 5.32 Å². The van der Waals surface area contributed by atoms with Crippen LogP contribution in [0.15, 0.2) is 30.3 Å². The molecule has 2 N–H and O–H groups in total. The van der Waals surface area contributed by atoms with Crippen molar-refractivity contribution in [2.45, 2.75) is 18.4 Å². The first-order valence-electron chi connectivity index (χ1n) is 4.76. The van der Waals surface area contributed by atoms with E-state index in [0.29, 0.717) is 0 Å². The number of aliphatic hydroxyl groups is 1. The molecule has 0 radical (unpaired) electrons. The fraction of sp³-hybridized carbons (Fsp3) is 0.364. The van der Waals surface area contributed by atoms with Gasteiger partial charge in [0, 0.05) is 6.54 Å². The van der Waals surface area contributed by atoms with Gasteiger partial charge in [-0.1, -0.05) is 30.3 Å². The van der Waals surface area contributed by atoms with Crippen molar-refractivity contribution in [1.82, 2.24) is 5.32 Å². The first kappa shape index (κ1) is 12.0. The van der Waals surface area contributed by atoms with Crippen LogP contribution in [0, 0.1) is 0 Å². The maximum Gasteiger partial charge on any atom is 0.242 e. The molecule has 3 nitrogen and oxygen atoms in total. The molecule has 2 atom stereocenters. The van der Waals surface area contributed by atoms with Gasteiger partial charge in [0.05, 0.1) is 6.10 Å². The molecular weight excluding hydrogens is 214 g/mol. The number of hydrogen-bond acceptors (Lipinski definition) is 2. The fourth-order valence-electron chi connectivity index (χ4n) is 1.11. The van der Waals surface area contributed by atoms with Gasteiger partial charge in [-0.3, -0.25) is 4.79 Å². The molecule has 0 aromatic heterocycles. The lowest BCUT2D eigenvalue weighted by Gasteiger charge is -2.11. The van der Waals surface area contributed by atoms with Crippen molar-refractivity contribution in [3.8, 4) is 0 Å². The van der Waals surface area contributed by atoms with Gasteiger partial charge in [0.15, 0.2) is 0 Å². The second kappa shape index (κ2) is 5.73. The summed E-state index contributed by atoms with van der Waals surface area (Å²) in [6.45, 7) is 1.82. The number of nitrogens with one attached hydrogen (secondary N) is 1. The number of alkyl halides is 1. The zero-order valence-electron chi connectivity index (χ0n) is 8.48. The molecule has 4 heteroatoms. The minimum Gasteiger partial charge on any atom is -0.392 e. The number of hydrogen-bond donors (Lipinski definition) is 2. The first-order valence-corrected chi connectivity index (χ1v) is 5.19. The summed E-state index contributed by atoms with van der Waals surface area (Å²) >= 11 is 5.95. The van der Waals surface area contributed by atoms with Gasteiger partial charge in [-0.2, -0.15) is 0 Å². The van der Waals surface area contributed by atoms with E-state index in [4.69, 9.17) is 16.7 Å². The Balaban J connectivity index is 2.54. The van der Waals surface area contributed by atoms with Crippen LogP contribution in [-0.4, -0.2) is 23.7 Å². The number of benzene rings is 1. The van der Waals surface area contributed by atoms with Crippen molar-refractivity contribution in [2.24, 2.45) is 0 Å². The lowest BCUT2D eigenvalue weighted by Crippen LogP contribution is -2.32. The van der Waals surface area contributed by atoms with Crippen LogP contribution in [0.4, 0.5) is 0 Å². The zero-order chi connectivity index (χ0) is 11.3. The van der Waals surface area contributed by atoms with Crippen molar-refractivity contribution >= 4 is 17.5 Å². The lowest BCUT2D eigenvalue weighted by atomic mass is 10.1. The molecule has 1 aromatic rings. The molecule has 2 unspecified atom stereocenters. The van der Waals surface area contributed by atoms with Gasteiger partial charge in [-0.25, -0.2) is 0 Å². The highest BCUT2D eigenvalue weighted by atomic mass is 35.5. The van der Waals surface area contributed by atoms with Crippen molar-refractivity contribution in [1.29, 1.82) is 0 Å². The van der Waals surface area contributed by atoms with Crippen LogP contribution in [-0.2, 0) is 4.79 Å². The van der Waals surface area contributed by atoms with Gasteiger partial charge in [0.2, 0.25) is 5.91 Å². The van der Waals surface area contributed by atoms with Gasteiger partial charge in [-0.15, -0.1) is 11.6 Å². The Labute approximate surface area is 94.1 Å². The highest BCUT2D eigenvalue weighted by molar-refractivity contribution is 6.30. The number of rotatable bonds is 4. The van der Waals surface area contributed by atoms with Crippen LogP contribution in [0.1, 0.15) is 17.9 Å². The Hall–Kier alpha value is -1.06. The van der Waals surface area contributed by atoms with Gasteiger partial charge in [0.25, 0.3) is 0 Å². The summed E-state index contributed by atoms with van der Waals surface area (Å²) in [5, 5.41) is 10.9. The number of carbonyl (C=O) groups excluding carboxylic acids is 1. The van der Waals surface area contributed by atoms with Crippen molar-refractivity contribution in [3.05, 3.63) is 35.9 Å². The van der Waals surface area contributed by atoms with E-state index in [1.54, 1.807) is 19.1 Å². The Morgan fingerprint density at radius 1 is 1.47 bits per heavy atom. The Morgan fingerprint density at radius 2 is 2.07 bits per heavy atom. The molecule has 15 heavy (non-hydrogen) atoms. The first-order chi connectivity index (χ1) is 7.11. The lowest BCUT2D eigenvalue weighted by molar-refractivity contribution is -0.121. The van der Waals surface area contributed by atoms with E-state index >= 15 is 0 Å². The summed E-state index contributed by atoms with van der Waals surface area (Å²) < 4.78 is 0. The molecule has 0 aliphatic rings.